The van der Waals surface area contributed by atoms with Crippen LogP contribution < -0.4 is 20.7 Å². The van der Waals surface area contributed by atoms with Crippen LogP contribution in [0.1, 0.15) is 34.9 Å². The van der Waals surface area contributed by atoms with Crippen molar-refractivity contribution in [2.24, 2.45) is 7.05 Å². The summed E-state index contributed by atoms with van der Waals surface area (Å²) in [6.07, 6.45) is 7.55. The minimum Gasteiger partial charge on any atom is -0.387 e. The molecule has 0 aromatic carbocycles. The first kappa shape index (κ1) is 19.3. The number of anilines is 3. The first-order valence-electron chi connectivity index (χ1n) is 9.32. The topological polar surface area (TPSA) is 136 Å². The van der Waals surface area contributed by atoms with Crippen LogP contribution in [-0.2, 0) is 7.05 Å². The Balaban J connectivity index is 1.56. The Morgan fingerprint density at radius 3 is 2.77 bits per heavy atom. The third-order valence-corrected chi connectivity index (χ3v) is 4.49. The molecule has 3 N–H and O–H groups in total. The summed E-state index contributed by atoms with van der Waals surface area (Å²) in [6.45, 7) is 0. The maximum atomic E-state index is 12.5. The predicted octanol–water partition coefficient (Wildman–Crippen LogP) is 2.20. The van der Waals surface area contributed by atoms with Crippen molar-refractivity contribution in [2.75, 3.05) is 17.7 Å². The lowest BCUT2D eigenvalue weighted by atomic mass is 10.3. The number of pyridine rings is 1. The molecule has 0 unspecified atom stereocenters. The molecular weight excluding hydrogens is 388 g/mol. The molecule has 0 radical (unpaired) electrons. The average Bonchev–Trinajstić information content (AvgIpc) is 3.53. The van der Waals surface area contributed by atoms with Crippen LogP contribution in [0, 0.1) is 0 Å². The van der Waals surface area contributed by atoms with Crippen molar-refractivity contribution in [1.29, 1.82) is 0 Å². The number of nitrogens with zero attached hydrogens (tertiary/aromatic N) is 5. The number of hydrogen-bond donors (Lipinski definition) is 3. The number of rotatable bonds is 6. The van der Waals surface area contributed by atoms with Gasteiger partial charge in [-0.3, -0.25) is 19.8 Å². The van der Waals surface area contributed by atoms with Gasteiger partial charge < -0.3 is 15.4 Å². The van der Waals surface area contributed by atoms with Gasteiger partial charge in [-0.15, -0.1) is 0 Å². The Bertz CT molecular complexity index is 1080. The second-order valence-corrected chi connectivity index (χ2v) is 6.71. The van der Waals surface area contributed by atoms with Crippen LogP contribution in [0.2, 0.25) is 0 Å². The van der Waals surface area contributed by atoms with E-state index in [9.17, 15) is 9.59 Å². The lowest BCUT2D eigenvalue weighted by Gasteiger charge is -2.12. The first-order valence-corrected chi connectivity index (χ1v) is 9.32. The van der Waals surface area contributed by atoms with E-state index >= 15 is 0 Å². The van der Waals surface area contributed by atoms with Crippen molar-refractivity contribution in [3.63, 3.8) is 0 Å². The van der Waals surface area contributed by atoms with Gasteiger partial charge in [0.05, 0.1) is 35.7 Å². The second-order valence-electron chi connectivity index (χ2n) is 6.71. The summed E-state index contributed by atoms with van der Waals surface area (Å²) in [6, 6.07) is 3.57. The van der Waals surface area contributed by atoms with Gasteiger partial charge in [-0.05, 0) is 25.0 Å². The minimum atomic E-state index is -0.815. The fourth-order valence-electron chi connectivity index (χ4n) is 2.83. The van der Waals surface area contributed by atoms with E-state index in [4.69, 9.17) is 4.74 Å². The van der Waals surface area contributed by atoms with E-state index in [2.05, 4.69) is 36.0 Å². The molecule has 11 heteroatoms. The van der Waals surface area contributed by atoms with E-state index < -0.39 is 6.09 Å². The molecule has 1 aliphatic carbocycles. The van der Waals surface area contributed by atoms with Gasteiger partial charge in [-0.1, -0.05) is 0 Å². The molecule has 0 aliphatic heterocycles. The highest BCUT2D eigenvalue weighted by molar-refractivity contribution is 6.01. The van der Waals surface area contributed by atoms with E-state index in [1.54, 1.807) is 37.8 Å². The summed E-state index contributed by atoms with van der Waals surface area (Å²) in [5, 5.41) is 12.1. The molecule has 3 aromatic heterocycles. The Labute approximate surface area is 171 Å². The Morgan fingerprint density at radius 1 is 1.23 bits per heavy atom. The molecule has 1 saturated carbocycles. The predicted molar refractivity (Wildman–Crippen MR) is 108 cm³/mol. The van der Waals surface area contributed by atoms with Gasteiger partial charge in [0.25, 0.3) is 11.8 Å². The summed E-state index contributed by atoms with van der Waals surface area (Å²) in [4.78, 5) is 37.5. The van der Waals surface area contributed by atoms with Gasteiger partial charge >= 0.3 is 6.09 Å². The number of aromatic nitrogens is 5. The summed E-state index contributed by atoms with van der Waals surface area (Å²) in [7, 11) is 3.09. The van der Waals surface area contributed by atoms with Crippen LogP contribution in [0.15, 0.2) is 36.9 Å². The number of aryl methyl sites for hydroxylation is 1. The van der Waals surface area contributed by atoms with E-state index in [0.717, 1.165) is 18.5 Å². The van der Waals surface area contributed by atoms with Crippen LogP contribution in [0.3, 0.4) is 0 Å². The van der Waals surface area contributed by atoms with Crippen molar-refractivity contribution in [2.45, 2.75) is 18.8 Å². The zero-order valence-electron chi connectivity index (χ0n) is 16.4. The van der Waals surface area contributed by atoms with Crippen molar-refractivity contribution in [3.8, 4) is 5.88 Å². The number of amides is 2. The van der Waals surface area contributed by atoms with Gasteiger partial charge in [0, 0.05) is 26.2 Å². The van der Waals surface area contributed by atoms with E-state index in [1.165, 1.54) is 17.9 Å². The second kappa shape index (κ2) is 8.15. The van der Waals surface area contributed by atoms with Crippen LogP contribution in [0.25, 0.3) is 0 Å². The molecule has 0 atom stereocenters. The molecule has 0 saturated heterocycles. The van der Waals surface area contributed by atoms with Crippen LogP contribution >= 0.6 is 0 Å². The number of hydrogen-bond acceptors (Lipinski definition) is 8. The smallest absolute Gasteiger partial charge is 0.387 e. The van der Waals surface area contributed by atoms with Gasteiger partial charge in [-0.2, -0.15) is 5.10 Å². The molecular formula is C19H20N8O3. The summed E-state index contributed by atoms with van der Waals surface area (Å²) in [5.41, 5.74) is 1.85. The molecule has 4 rings (SSSR count). The summed E-state index contributed by atoms with van der Waals surface area (Å²) >= 11 is 0. The molecule has 3 heterocycles. The Hall–Kier alpha value is -4.02. The molecule has 154 valence electrons. The number of nitrogens with one attached hydrogen (secondary N) is 3. The standard InChI is InChI=1S/C19H20N8O3/c1-20-17(28)15-14(10-23-27(15)2)26-19(29)30-18-16(24-12-4-3-7-21-8-12)22-9-13(25-18)11-5-6-11/h3-4,7-11H,5-6H2,1-2H3,(H,20,28)(H,22,24)(H,26,29). The number of carbonyl (C=O) groups excluding carboxylic acids is 2. The van der Waals surface area contributed by atoms with Crippen LogP contribution in [0.5, 0.6) is 5.88 Å². The molecule has 11 nitrogen and oxygen atoms in total. The molecule has 1 aliphatic rings. The zero-order chi connectivity index (χ0) is 21.1. The largest absolute Gasteiger partial charge is 0.418 e. The van der Waals surface area contributed by atoms with E-state index in [1.807, 2.05) is 0 Å². The fraction of sp³-hybridized carbons (Fsp3) is 0.263. The summed E-state index contributed by atoms with van der Waals surface area (Å²) in [5.74, 6) is 0.250. The van der Waals surface area contributed by atoms with E-state index in [-0.39, 0.29) is 29.0 Å². The van der Waals surface area contributed by atoms with Gasteiger partial charge in [0.15, 0.2) is 5.82 Å². The number of ether oxygens (including phenoxy) is 1. The maximum Gasteiger partial charge on any atom is 0.418 e. The van der Waals surface area contributed by atoms with Crippen molar-refractivity contribution < 1.29 is 14.3 Å². The van der Waals surface area contributed by atoms with Gasteiger partial charge in [0.1, 0.15) is 5.69 Å². The summed E-state index contributed by atoms with van der Waals surface area (Å²) < 4.78 is 6.80. The lowest BCUT2D eigenvalue weighted by Crippen LogP contribution is -2.25. The average molecular weight is 408 g/mol. The highest BCUT2D eigenvalue weighted by atomic mass is 16.6. The molecule has 1 fully saturated rings. The fourth-order valence-corrected chi connectivity index (χ4v) is 2.83. The lowest BCUT2D eigenvalue weighted by molar-refractivity contribution is 0.0954. The van der Waals surface area contributed by atoms with Gasteiger partial charge in [-0.25, -0.2) is 14.8 Å². The normalized spacial score (nSPS) is 12.9. The molecule has 3 aromatic rings. The molecule has 30 heavy (non-hydrogen) atoms. The van der Waals surface area contributed by atoms with Crippen molar-refractivity contribution in [1.82, 2.24) is 30.0 Å². The minimum absolute atomic E-state index is 0.0335. The first-order chi connectivity index (χ1) is 14.5. The monoisotopic (exact) mass is 408 g/mol. The van der Waals surface area contributed by atoms with Crippen molar-refractivity contribution >= 4 is 29.2 Å². The van der Waals surface area contributed by atoms with Gasteiger partial charge in [0.2, 0.25) is 0 Å². The third kappa shape index (κ3) is 4.19. The Morgan fingerprint density at radius 2 is 2.07 bits per heavy atom. The molecule has 2 amide bonds. The SMILES string of the molecule is CNC(=O)c1c(NC(=O)Oc2nc(C3CC3)cnc2Nc2cccnc2)cnn1C. The van der Waals surface area contributed by atoms with E-state index in [0.29, 0.717) is 11.6 Å². The quantitative estimate of drug-likeness (QED) is 0.565. The Kier molecular flexibility index (Phi) is 5.24. The van der Waals surface area contributed by atoms with Crippen LogP contribution in [-0.4, -0.2) is 43.8 Å². The van der Waals surface area contributed by atoms with Crippen LogP contribution in [0.4, 0.5) is 22.0 Å². The zero-order valence-corrected chi connectivity index (χ0v) is 16.4. The highest BCUT2D eigenvalue weighted by Gasteiger charge is 2.27. The maximum absolute atomic E-state index is 12.5. The molecule has 0 spiro atoms. The third-order valence-electron chi connectivity index (χ3n) is 4.49. The number of carbonyl (C=O) groups is 2. The molecule has 0 bridgehead atoms. The highest BCUT2D eigenvalue weighted by Crippen LogP contribution is 2.40. The van der Waals surface area contributed by atoms with Crippen molar-refractivity contribution in [3.05, 3.63) is 48.3 Å².